The molecule has 5 nitrogen and oxygen atoms in total. The largest absolute Gasteiger partial charge is 0.546 e. The fourth-order valence-corrected chi connectivity index (χ4v) is 9.17. The third-order valence-corrected chi connectivity index (χ3v) is 19.0. The summed E-state index contributed by atoms with van der Waals surface area (Å²) < 4.78 is 22.0. The van der Waals surface area contributed by atoms with Crippen molar-refractivity contribution in [2.24, 2.45) is 5.92 Å². The second-order valence-corrected chi connectivity index (χ2v) is 28.3. The Morgan fingerprint density at radius 1 is 1.00 bits per heavy atom. The lowest BCUT2D eigenvalue weighted by Crippen LogP contribution is -2.78. The van der Waals surface area contributed by atoms with Gasteiger partial charge in [-0.05, 0) is 62.2 Å². The maximum atomic E-state index is 13.9. The van der Waals surface area contributed by atoms with Crippen molar-refractivity contribution in [1.82, 2.24) is 4.57 Å². The standard InChI is InChI=1S/C25H51NO4Si3/c1-18(29-33(13,14)25(5,6)7)20-21(26(23(20)27)32(11,12)24(2,3)4)22-19(16-15-17-28-22)30-31(8,9)10/h16,18,20-22H,15,17H2,1-14H3/t18-,20-,21+,22+/m1/s1. The Balaban J connectivity index is 2.49. The van der Waals surface area contributed by atoms with Crippen molar-refractivity contribution >= 4 is 30.8 Å². The summed E-state index contributed by atoms with van der Waals surface area (Å²) >= 11 is 0. The van der Waals surface area contributed by atoms with E-state index in [9.17, 15) is 4.79 Å². The molecule has 192 valence electrons. The molecule has 1 fully saturated rings. The van der Waals surface area contributed by atoms with Gasteiger partial charge in [-0.2, -0.15) is 0 Å². The van der Waals surface area contributed by atoms with Crippen molar-refractivity contribution in [1.29, 1.82) is 0 Å². The van der Waals surface area contributed by atoms with Gasteiger partial charge in [0.25, 0.3) is 0 Å². The molecule has 0 N–H and O–H groups in total. The van der Waals surface area contributed by atoms with Crippen LogP contribution in [0.25, 0.3) is 0 Å². The molecule has 1 saturated heterocycles. The Hall–Kier alpha value is -0.419. The predicted molar refractivity (Wildman–Crippen MR) is 146 cm³/mol. The summed E-state index contributed by atoms with van der Waals surface area (Å²) in [5, 5.41) is 0.142. The van der Waals surface area contributed by atoms with Crippen molar-refractivity contribution in [3.63, 3.8) is 0 Å². The summed E-state index contributed by atoms with van der Waals surface area (Å²) in [5.41, 5.74) is 0. The molecule has 4 atom stereocenters. The molecule has 0 aromatic carbocycles. The summed E-state index contributed by atoms with van der Waals surface area (Å²) in [6, 6.07) is -0.0407. The number of carbonyl (C=O) groups excluding carboxylic acids is 1. The fraction of sp³-hybridized carbons (Fsp3) is 0.880. The highest BCUT2D eigenvalue weighted by Crippen LogP contribution is 2.49. The van der Waals surface area contributed by atoms with Gasteiger partial charge in [0.15, 0.2) is 16.6 Å². The quantitative estimate of drug-likeness (QED) is 0.279. The van der Waals surface area contributed by atoms with Crippen LogP contribution >= 0.6 is 0 Å². The first-order chi connectivity index (χ1) is 14.6. The van der Waals surface area contributed by atoms with Crippen LogP contribution in [-0.4, -0.2) is 60.2 Å². The van der Waals surface area contributed by atoms with Crippen LogP contribution in [0.15, 0.2) is 11.8 Å². The molecule has 8 heteroatoms. The van der Waals surface area contributed by atoms with Crippen LogP contribution in [0.4, 0.5) is 0 Å². The minimum absolute atomic E-state index is 0.0407. The highest BCUT2D eigenvalue weighted by atomic mass is 28.4. The molecule has 2 heterocycles. The maximum absolute atomic E-state index is 13.9. The van der Waals surface area contributed by atoms with E-state index < -0.39 is 24.9 Å². The fourth-order valence-electron chi connectivity index (χ4n) is 4.37. The Morgan fingerprint density at radius 3 is 2.00 bits per heavy atom. The van der Waals surface area contributed by atoms with E-state index in [-0.39, 0.29) is 40.2 Å². The van der Waals surface area contributed by atoms with Crippen molar-refractivity contribution in [3.05, 3.63) is 11.8 Å². The first kappa shape index (κ1) is 28.8. The highest BCUT2D eigenvalue weighted by Gasteiger charge is 2.63. The first-order valence-corrected chi connectivity index (χ1v) is 21.9. The normalized spacial score (nSPS) is 26.6. The molecule has 0 radical (unpaired) electrons. The third-order valence-electron chi connectivity index (χ3n) is 8.19. The molecule has 2 aliphatic rings. The van der Waals surface area contributed by atoms with Crippen LogP contribution < -0.4 is 0 Å². The summed E-state index contributed by atoms with van der Waals surface area (Å²) in [5.74, 6) is 0.968. The lowest BCUT2D eigenvalue weighted by Gasteiger charge is -2.62. The average molecular weight is 514 g/mol. The van der Waals surface area contributed by atoms with Gasteiger partial charge in [0.1, 0.15) is 11.9 Å². The van der Waals surface area contributed by atoms with Gasteiger partial charge in [-0.1, -0.05) is 54.6 Å². The number of nitrogens with zero attached hydrogens (tertiary/aromatic N) is 1. The zero-order valence-electron chi connectivity index (χ0n) is 23.9. The van der Waals surface area contributed by atoms with E-state index in [0.29, 0.717) is 6.61 Å². The van der Waals surface area contributed by atoms with Gasteiger partial charge in [-0.15, -0.1) is 0 Å². The Labute approximate surface area is 207 Å². The van der Waals surface area contributed by atoms with E-state index in [1.807, 2.05) is 0 Å². The van der Waals surface area contributed by atoms with Crippen LogP contribution in [0.1, 0.15) is 54.9 Å². The molecule has 33 heavy (non-hydrogen) atoms. The number of ether oxygens (including phenoxy) is 1. The van der Waals surface area contributed by atoms with Crippen molar-refractivity contribution < 1.29 is 18.4 Å². The second kappa shape index (κ2) is 9.23. The molecule has 1 amide bonds. The molecule has 2 rings (SSSR count). The van der Waals surface area contributed by atoms with Crippen LogP contribution in [0.3, 0.4) is 0 Å². The lowest BCUT2D eigenvalue weighted by molar-refractivity contribution is -0.165. The number of β-lactam (4-membered cyclic amide) rings is 1. The zero-order chi connectivity index (χ0) is 25.8. The van der Waals surface area contributed by atoms with Crippen LogP contribution in [0, 0.1) is 5.92 Å². The SMILES string of the molecule is C[C@@H](O[Si](C)(C)C(C)(C)C)[C@H]1C(=O)N([Si](C)(C)C(C)(C)C)[C@@H]1[C@H]1OCCC=C1O[Si](C)(C)C. The number of carbonyl (C=O) groups is 1. The average Bonchev–Trinajstić information content (AvgIpc) is 2.56. The van der Waals surface area contributed by atoms with Gasteiger partial charge in [0.2, 0.25) is 14.2 Å². The summed E-state index contributed by atoms with van der Waals surface area (Å²) in [6.07, 6.45) is 2.70. The maximum Gasteiger partial charge on any atom is 0.241 e. The summed E-state index contributed by atoms with van der Waals surface area (Å²) in [7, 11) is -5.96. The smallest absolute Gasteiger partial charge is 0.241 e. The third kappa shape index (κ3) is 5.88. The summed E-state index contributed by atoms with van der Waals surface area (Å²) in [4.78, 5) is 13.9. The van der Waals surface area contributed by atoms with E-state index in [1.165, 1.54) is 0 Å². The van der Waals surface area contributed by atoms with Gasteiger partial charge in [-0.3, -0.25) is 4.79 Å². The molecule has 2 aliphatic heterocycles. The minimum atomic E-state index is -2.11. The van der Waals surface area contributed by atoms with Crippen molar-refractivity contribution in [2.75, 3.05) is 6.61 Å². The number of rotatable bonds is 7. The number of hydrogen-bond acceptors (Lipinski definition) is 4. The Kier molecular flexibility index (Phi) is 8.06. The molecule has 0 aromatic rings. The van der Waals surface area contributed by atoms with Crippen molar-refractivity contribution in [3.8, 4) is 0 Å². The molecule has 0 spiro atoms. The van der Waals surface area contributed by atoms with Gasteiger partial charge >= 0.3 is 0 Å². The monoisotopic (exact) mass is 513 g/mol. The van der Waals surface area contributed by atoms with E-state index in [2.05, 4.69) is 105 Å². The molecule has 0 unspecified atom stereocenters. The molecule has 0 aliphatic carbocycles. The summed E-state index contributed by atoms with van der Waals surface area (Å²) in [6.45, 7) is 32.1. The second-order valence-electron chi connectivity index (χ2n) is 14.0. The molecule has 0 bridgehead atoms. The van der Waals surface area contributed by atoms with Gasteiger partial charge in [0, 0.05) is 0 Å². The number of hydrogen-bond donors (Lipinski definition) is 0. The van der Waals surface area contributed by atoms with E-state index in [4.69, 9.17) is 13.6 Å². The lowest BCUT2D eigenvalue weighted by atomic mass is 9.81. The van der Waals surface area contributed by atoms with E-state index in [0.717, 1.165) is 12.2 Å². The molecular weight excluding hydrogens is 463 g/mol. The molecule has 0 aromatic heterocycles. The molecule has 0 saturated carbocycles. The highest BCUT2D eigenvalue weighted by molar-refractivity contribution is 6.80. The van der Waals surface area contributed by atoms with Crippen LogP contribution in [0.5, 0.6) is 0 Å². The van der Waals surface area contributed by atoms with Gasteiger partial charge < -0.3 is 18.2 Å². The van der Waals surface area contributed by atoms with Gasteiger partial charge in [-0.25, -0.2) is 0 Å². The topological polar surface area (TPSA) is 48.0 Å². The van der Waals surface area contributed by atoms with Crippen LogP contribution in [0.2, 0.25) is 55.9 Å². The van der Waals surface area contributed by atoms with Crippen molar-refractivity contribution in [2.45, 2.75) is 129 Å². The first-order valence-electron chi connectivity index (χ1n) is 12.6. The Morgan fingerprint density at radius 2 is 1.55 bits per heavy atom. The minimum Gasteiger partial charge on any atom is -0.546 e. The Bertz CT molecular complexity index is 759. The van der Waals surface area contributed by atoms with Crippen LogP contribution in [-0.2, 0) is 18.4 Å². The van der Waals surface area contributed by atoms with E-state index in [1.54, 1.807) is 0 Å². The van der Waals surface area contributed by atoms with E-state index >= 15 is 0 Å². The number of amides is 1. The van der Waals surface area contributed by atoms with Gasteiger partial charge in [0.05, 0.1) is 24.7 Å². The zero-order valence-corrected chi connectivity index (χ0v) is 26.9. The predicted octanol–water partition coefficient (Wildman–Crippen LogP) is 6.75. The molecular formula is C25H51NO4Si3.